The van der Waals surface area contributed by atoms with Crippen LogP contribution in [-0.4, -0.2) is 17.4 Å². The standard InChI is InChI=1S/C23H26N2O/c1-23(2,3)19-11-8-17(9-12-19)10-13-22(26)24-15-14-18-16-25-21-7-5-4-6-20(18)21/h4-13,16,25H,14-15H2,1-3H3,(H,24,26). The molecule has 26 heavy (non-hydrogen) atoms. The fourth-order valence-corrected chi connectivity index (χ4v) is 2.98. The highest BCUT2D eigenvalue weighted by Gasteiger charge is 2.12. The molecule has 2 aromatic carbocycles. The molecule has 3 heteroatoms. The summed E-state index contributed by atoms with van der Waals surface area (Å²) in [6.07, 6.45) is 6.28. The second-order valence-electron chi connectivity index (χ2n) is 7.61. The molecule has 3 rings (SSSR count). The number of hydrogen-bond donors (Lipinski definition) is 2. The molecule has 1 amide bonds. The lowest BCUT2D eigenvalue weighted by atomic mass is 9.87. The van der Waals surface area contributed by atoms with Crippen molar-refractivity contribution in [1.82, 2.24) is 10.3 Å². The minimum Gasteiger partial charge on any atom is -0.361 e. The van der Waals surface area contributed by atoms with E-state index in [-0.39, 0.29) is 11.3 Å². The van der Waals surface area contributed by atoms with E-state index in [1.165, 1.54) is 16.5 Å². The first-order valence-electron chi connectivity index (χ1n) is 9.05. The van der Waals surface area contributed by atoms with Crippen LogP contribution in [0.1, 0.15) is 37.5 Å². The molecule has 0 saturated carbocycles. The molecule has 0 fully saturated rings. The van der Waals surface area contributed by atoms with Crippen LogP contribution in [0, 0.1) is 0 Å². The molecular formula is C23H26N2O. The van der Waals surface area contributed by atoms with E-state index in [0.29, 0.717) is 6.54 Å². The number of H-pyrrole nitrogens is 1. The summed E-state index contributed by atoms with van der Waals surface area (Å²) in [7, 11) is 0. The van der Waals surface area contributed by atoms with Crippen LogP contribution in [0.5, 0.6) is 0 Å². The smallest absolute Gasteiger partial charge is 0.244 e. The number of carbonyl (C=O) groups excluding carboxylic acids is 1. The minimum atomic E-state index is -0.0651. The monoisotopic (exact) mass is 346 g/mol. The van der Waals surface area contributed by atoms with Gasteiger partial charge >= 0.3 is 0 Å². The molecular weight excluding hydrogens is 320 g/mol. The summed E-state index contributed by atoms with van der Waals surface area (Å²) in [6, 6.07) is 16.6. The van der Waals surface area contributed by atoms with E-state index in [1.54, 1.807) is 6.08 Å². The lowest BCUT2D eigenvalue weighted by molar-refractivity contribution is -0.116. The number of aromatic nitrogens is 1. The summed E-state index contributed by atoms with van der Waals surface area (Å²) in [5.41, 5.74) is 4.82. The lowest BCUT2D eigenvalue weighted by Gasteiger charge is -2.18. The van der Waals surface area contributed by atoms with Crippen molar-refractivity contribution >= 4 is 22.9 Å². The maximum atomic E-state index is 12.0. The van der Waals surface area contributed by atoms with E-state index in [2.05, 4.69) is 67.5 Å². The minimum absolute atomic E-state index is 0.0651. The van der Waals surface area contributed by atoms with Gasteiger partial charge in [0, 0.05) is 29.7 Å². The average molecular weight is 346 g/mol. The third kappa shape index (κ3) is 4.42. The molecule has 0 radical (unpaired) electrons. The third-order valence-electron chi connectivity index (χ3n) is 4.57. The number of amides is 1. The summed E-state index contributed by atoms with van der Waals surface area (Å²) in [6.45, 7) is 7.20. The van der Waals surface area contributed by atoms with E-state index in [9.17, 15) is 4.79 Å². The fourth-order valence-electron chi connectivity index (χ4n) is 2.98. The third-order valence-corrected chi connectivity index (χ3v) is 4.57. The van der Waals surface area contributed by atoms with Gasteiger partial charge < -0.3 is 10.3 Å². The van der Waals surface area contributed by atoms with Gasteiger partial charge in [0.15, 0.2) is 0 Å². The highest BCUT2D eigenvalue weighted by atomic mass is 16.1. The summed E-state index contributed by atoms with van der Waals surface area (Å²) in [4.78, 5) is 15.3. The molecule has 0 aliphatic rings. The Kier molecular flexibility index (Phi) is 5.27. The van der Waals surface area contributed by atoms with E-state index in [0.717, 1.165) is 17.5 Å². The lowest BCUT2D eigenvalue weighted by Crippen LogP contribution is -2.23. The van der Waals surface area contributed by atoms with Crippen molar-refractivity contribution in [3.63, 3.8) is 0 Å². The van der Waals surface area contributed by atoms with Gasteiger partial charge in [0.25, 0.3) is 0 Å². The number of fused-ring (bicyclic) bond motifs is 1. The normalized spacial score (nSPS) is 12.0. The first-order chi connectivity index (χ1) is 12.4. The Morgan fingerprint density at radius 2 is 1.81 bits per heavy atom. The summed E-state index contributed by atoms with van der Waals surface area (Å²) >= 11 is 0. The summed E-state index contributed by atoms with van der Waals surface area (Å²) < 4.78 is 0. The first kappa shape index (κ1) is 18.0. The van der Waals surface area contributed by atoms with Gasteiger partial charge in [-0.25, -0.2) is 0 Å². The van der Waals surface area contributed by atoms with Crippen LogP contribution in [0.25, 0.3) is 17.0 Å². The number of para-hydroxylation sites is 1. The van der Waals surface area contributed by atoms with Crippen molar-refractivity contribution in [2.75, 3.05) is 6.54 Å². The summed E-state index contributed by atoms with van der Waals surface area (Å²) in [5.74, 6) is -0.0651. The Labute approximate surface area is 155 Å². The van der Waals surface area contributed by atoms with Crippen molar-refractivity contribution in [2.24, 2.45) is 0 Å². The Bertz CT molecular complexity index is 911. The number of carbonyl (C=O) groups is 1. The Hall–Kier alpha value is -2.81. The van der Waals surface area contributed by atoms with Crippen molar-refractivity contribution in [2.45, 2.75) is 32.6 Å². The van der Waals surface area contributed by atoms with Gasteiger partial charge in [0.1, 0.15) is 0 Å². The van der Waals surface area contributed by atoms with Gasteiger partial charge in [-0.3, -0.25) is 4.79 Å². The van der Waals surface area contributed by atoms with Crippen LogP contribution in [0.4, 0.5) is 0 Å². The van der Waals surface area contributed by atoms with Crippen LogP contribution >= 0.6 is 0 Å². The van der Waals surface area contributed by atoms with Crippen LogP contribution in [0.15, 0.2) is 60.8 Å². The molecule has 2 N–H and O–H groups in total. The van der Waals surface area contributed by atoms with E-state index < -0.39 is 0 Å². The molecule has 0 saturated heterocycles. The highest BCUT2D eigenvalue weighted by molar-refractivity contribution is 5.91. The van der Waals surface area contributed by atoms with E-state index >= 15 is 0 Å². The zero-order valence-corrected chi connectivity index (χ0v) is 15.7. The van der Waals surface area contributed by atoms with Crippen molar-refractivity contribution in [1.29, 1.82) is 0 Å². The predicted molar refractivity (Wildman–Crippen MR) is 109 cm³/mol. The maximum absolute atomic E-state index is 12.0. The van der Waals surface area contributed by atoms with Crippen molar-refractivity contribution in [3.8, 4) is 0 Å². The second kappa shape index (κ2) is 7.61. The van der Waals surface area contributed by atoms with Crippen LogP contribution in [0.2, 0.25) is 0 Å². The zero-order chi connectivity index (χ0) is 18.6. The van der Waals surface area contributed by atoms with Crippen LogP contribution in [0.3, 0.4) is 0 Å². The SMILES string of the molecule is CC(C)(C)c1ccc(C=CC(=O)NCCc2c[nH]c3ccccc23)cc1. The molecule has 3 aromatic rings. The largest absolute Gasteiger partial charge is 0.361 e. The Morgan fingerprint density at radius 3 is 2.54 bits per heavy atom. The molecule has 1 heterocycles. The van der Waals surface area contributed by atoms with Gasteiger partial charge in [-0.2, -0.15) is 0 Å². The fraction of sp³-hybridized carbons (Fsp3) is 0.261. The highest BCUT2D eigenvalue weighted by Crippen LogP contribution is 2.22. The van der Waals surface area contributed by atoms with Crippen LogP contribution < -0.4 is 5.32 Å². The van der Waals surface area contributed by atoms with E-state index in [4.69, 9.17) is 0 Å². The quantitative estimate of drug-likeness (QED) is 0.638. The molecule has 0 atom stereocenters. The maximum Gasteiger partial charge on any atom is 0.244 e. The summed E-state index contributed by atoms with van der Waals surface area (Å²) in [5, 5.41) is 4.17. The molecule has 0 aliphatic carbocycles. The molecule has 0 bridgehead atoms. The van der Waals surface area contributed by atoms with Gasteiger partial charge in [-0.15, -0.1) is 0 Å². The molecule has 3 nitrogen and oxygen atoms in total. The van der Waals surface area contributed by atoms with Gasteiger partial charge in [0.05, 0.1) is 0 Å². The second-order valence-corrected chi connectivity index (χ2v) is 7.61. The number of benzene rings is 2. The number of nitrogens with one attached hydrogen (secondary N) is 2. The molecule has 134 valence electrons. The van der Waals surface area contributed by atoms with Gasteiger partial charge in [-0.05, 0) is 40.7 Å². The van der Waals surface area contributed by atoms with Crippen molar-refractivity contribution < 1.29 is 4.79 Å². The van der Waals surface area contributed by atoms with E-state index in [1.807, 2.05) is 24.4 Å². The average Bonchev–Trinajstić information content (AvgIpc) is 3.03. The topological polar surface area (TPSA) is 44.9 Å². The van der Waals surface area contributed by atoms with Crippen molar-refractivity contribution in [3.05, 3.63) is 77.5 Å². The number of hydrogen-bond acceptors (Lipinski definition) is 1. The zero-order valence-electron chi connectivity index (χ0n) is 15.7. The Balaban J connectivity index is 1.51. The molecule has 0 spiro atoms. The molecule has 1 aromatic heterocycles. The number of aromatic amines is 1. The number of rotatable bonds is 5. The van der Waals surface area contributed by atoms with Crippen LogP contribution in [-0.2, 0) is 16.6 Å². The Morgan fingerprint density at radius 1 is 1.08 bits per heavy atom. The molecule has 0 aliphatic heterocycles. The first-order valence-corrected chi connectivity index (χ1v) is 9.05. The predicted octanol–water partition coefficient (Wildman–Crippen LogP) is 4.84. The van der Waals surface area contributed by atoms with Gasteiger partial charge in [-0.1, -0.05) is 63.2 Å². The molecule has 0 unspecified atom stereocenters. The van der Waals surface area contributed by atoms with Gasteiger partial charge in [0.2, 0.25) is 5.91 Å².